The Labute approximate surface area is 164 Å². The van der Waals surface area contributed by atoms with Crippen LogP contribution in [0.15, 0.2) is 77.7 Å². The van der Waals surface area contributed by atoms with Gasteiger partial charge >= 0.3 is 0 Å². The normalized spacial score (nSPS) is 11.4. The van der Waals surface area contributed by atoms with E-state index < -0.39 is 10.1 Å². The summed E-state index contributed by atoms with van der Waals surface area (Å²) in [5.74, 6) is 0.359. The van der Waals surface area contributed by atoms with Crippen LogP contribution in [0.25, 0.3) is 0 Å². The third kappa shape index (κ3) is 5.65. The fourth-order valence-corrected chi connectivity index (χ4v) is 3.56. The average Bonchev–Trinajstić information content (AvgIpc) is 2.67. The van der Waals surface area contributed by atoms with Crippen LogP contribution in [0.5, 0.6) is 5.75 Å². The summed E-state index contributed by atoms with van der Waals surface area (Å²) >= 11 is 0. The molecule has 3 rings (SSSR count). The molecule has 4 nitrogen and oxygen atoms in total. The van der Waals surface area contributed by atoms with Crippen molar-refractivity contribution in [1.82, 2.24) is 0 Å². The maximum atomic E-state index is 13.2. The van der Waals surface area contributed by atoms with E-state index in [0.717, 1.165) is 16.7 Å². The first-order valence-electron chi connectivity index (χ1n) is 8.85. The smallest absolute Gasteiger partial charge is 0.297 e. The van der Waals surface area contributed by atoms with Crippen molar-refractivity contribution in [2.45, 2.75) is 18.2 Å². The minimum Gasteiger partial charge on any atom is -0.491 e. The molecule has 28 heavy (non-hydrogen) atoms. The Balaban J connectivity index is 1.48. The van der Waals surface area contributed by atoms with Crippen LogP contribution >= 0.6 is 0 Å². The molecule has 0 saturated carbocycles. The predicted molar refractivity (Wildman–Crippen MR) is 105 cm³/mol. The van der Waals surface area contributed by atoms with Gasteiger partial charge in [0.15, 0.2) is 0 Å². The minimum atomic E-state index is -3.79. The van der Waals surface area contributed by atoms with Crippen LogP contribution < -0.4 is 4.74 Å². The summed E-state index contributed by atoms with van der Waals surface area (Å²) in [5.41, 5.74) is 2.89. The molecule has 0 N–H and O–H groups in total. The van der Waals surface area contributed by atoms with Gasteiger partial charge in [0, 0.05) is 0 Å². The lowest BCUT2D eigenvalue weighted by molar-refractivity contribution is 0.221. The molecule has 0 heterocycles. The van der Waals surface area contributed by atoms with Crippen molar-refractivity contribution < 1.29 is 21.7 Å². The van der Waals surface area contributed by atoms with E-state index in [1.165, 1.54) is 24.3 Å². The third-order valence-electron chi connectivity index (χ3n) is 4.12. The summed E-state index contributed by atoms with van der Waals surface area (Å²) in [7, 11) is -3.79. The van der Waals surface area contributed by atoms with Crippen molar-refractivity contribution in [3.63, 3.8) is 0 Å². The first-order chi connectivity index (χ1) is 13.4. The highest BCUT2D eigenvalue weighted by Gasteiger charge is 2.14. The SMILES string of the molecule is Cc1ccc(S(=O)(=O)OCCOc2ccc(Cc3cccc(F)c3)cc2)cc1. The van der Waals surface area contributed by atoms with E-state index in [9.17, 15) is 12.8 Å². The van der Waals surface area contributed by atoms with Crippen molar-refractivity contribution >= 4 is 10.1 Å². The Kier molecular flexibility index (Phi) is 6.44. The molecule has 6 heteroatoms. The Morgan fingerprint density at radius 2 is 1.57 bits per heavy atom. The zero-order chi connectivity index (χ0) is 20.0. The largest absolute Gasteiger partial charge is 0.491 e. The van der Waals surface area contributed by atoms with E-state index in [-0.39, 0.29) is 23.9 Å². The van der Waals surface area contributed by atoms with Crippen LogP contribution in [0.1, 0.15) is 16.7 Å². The highest BCUT2D eigenvalue weighted by molar-refractivity contribution is 7.86. The van der Waals surface area contributed by atoms with Gasteiger partial charge in [0.1, 0.15) is 24.8 Å². The van der Waals surface area contributed by atoms with Gasteiger partial charge in [-0.3, -0.25) is 4.18 Å². The minimum absolute atomic E-state index is 0.0821. The van der Waals surface area contributed by atoms with Crippen molar-refractivity contribution in [3.8, 4) is 5.75 Å². The summed E-state index contributed by atoms with van der Waals surface area (Å²) in [4.78, 5) is 0.125. The lowest BCUT2D eigenvalue weighted by Gasteiger charge is -2.09. The second-order valence-electron chi connectivity index (χ2n) is 6.39. The highest BCUT2D eigenvalue weighted by Crippen LogP contribution is 2.17. The molecular formula is C22H21FO4S. The van der Waals surface area contributed by atoms with E-state index in [4.69, 9.17) is 8.92 Å². The van der Waals surface area contributed by atoms with Gasteiger partial charge in [0.25, 0.3) is 10.1 Å². The Morgan fingerprint density at radius 3 is 2.25 bits per heavy atom. The number of aryl methyl sites for hydroxylation is 1. The number of hydrogen-bond donors (Lipinski definition) is 0. The van der Waals surface area contributed by atoms with Crippen LogP contribution in [0.4, 0.5) is 4.39 Å². The van der Waals surface area contributed by atoms with Crippen molar-refractivity contribution in [3.05, 3.63) is 95.3 Å². The molecule has 0 bridgehead atoms. The molecule has 0 spiro atoms. The third-order valence-corrected chi connectivity index (χ3v) is 5.45. The number of rotatable bonds is 8. The van der Waals surface area contributed by atoms with Crippen molar-refractivity contribution in [2.75, 3.05) is 13.2 Å². The molecule has 0 aliphatic carbocycles. The topological polar surface area (TPSA) is 52.6 Å². The summed E-state index contributed by atoms with van der Waals surface area (Å²) in [6, 6.07) is 20.3. The second kappa shape index (κ2) is 8.99. The first kappa shape index (κ1) is 20.0. The standard InChI is InChI=1S/C22H21FO4S/c1-17-5-11-22(12-6-17)28(24,25)27-14-13-26-21-9-7-18(8-10-21)15-19-3-2-4-20(23)16-19/h2-12,16H,13-15H2,1H3. The lowest BCUT2D eigenvalue weighted by atomic mass is 10.1. The van der Waals surface area contributed by atoms with E-state index >= 15 is 0 Å². The first-order valence-corrected chi connectivity index (χ1v) is 10.3. The van der Waals surface area contributed by atoms with Gasteiger partial charge in [-0.25, -0.2) is 4.39 Å². The molecule has 0 radical (unpaired) electrons. The zero-order valence-electron chi connectivity index (χ0n) is 15.5. The van der Waals surface area contributed by atoms with Gasteiger partial charge < -0.3 is 4.74 Å². The molecular weight excluding hydrogens is 379 g/mol. The summed E-state index contributed by atoms with van der Waals surface area (Å²) in [6.45, 7) is 1.91. The van der Waals surface area contributed by atoms with Gasteiger partial charge in [0.2, 0.25) is 0 Å². The lowest BCUT2D eigenvalue weighted by Crippen LogP contribution is -2.13. The van der Waals surface area contributed by atoms with Gasteiger partial charge in [-0.2, -0.15) is 8.42 Å². The van der Waals surface area contributed by atoms with Crippen LogP contribution in [0, 0.1) is 12.7 Å². The molecule has 0 aliphatic heterocycles. The summed E-state index contributed by atoms with van der Waals surface area (Å²) < 4.78 is 48.0. The Bertz CT molecular complexity index is 1010. The molecule has 0 unspecified atom stereocenters. The van der Waals surface area contributed by atoms with Crippen LogP contribution in [0.3, 0.4) is 0 Å². The monoisotopic (exact) mass is 400 g/mol. The van der Waals surface area contributed by atoms with Crippen LogP contribution in [-0.2, 0) is 20.7 Å². The zero-order valence-corrected chi connectivity index (χ0v) is 16.3. The van der Waals surface area contributed by atoms with E-state index in [0.29, 0.717) is 12.2 Å². The van der Waals surface area contributed by atoms with Gasteiger partial charge in [0.05, 0.1) is 4.90 Å². The van der Waals surface area contributed by atoms with E-state index in [1.807, 2.05) is 25.1 Å². The molecule has 0 atom stereocenters. The number of benzene rings is 3. The van der Waals surface area contributed by atoms with Gasteiger partial charge in [-0.1, -0.05) is 42.0 Å². The fourth-order valence-electron chi connectivity index (χ4n) is 2.66. The molecule has 0 saturated heterocycles. The predicted octanol–water partition coefficient (Wildman–Crippen LogP) is 4.51. The molecule has 0 aliphatic rings. The molecule has 3 aromatic rings. The van der Waals surface area contributed by atoms with Crippen molar-refractivity contribution in [2.24, 2.45) is 0 Å². The van der Waals surface area contributed by atoms with Crippen LogP contribution in [-0.4, -0.2) is 21.6 Å². The Morgan fingerprint density at radius 1 is 0.857 bits per heavy atom. The average molecular weight is 400 g/mol. The van der Waals surface area contributed by atoms with Gasteiger partial charge in [-0.05, 0) is 60.9 Å². The molecule has 146 valence electrons. The highest BCUT2D eigenvalue weighted by atomic mass is 32.2. The molecule has 0 fully saturated rings. The van der Waals surface area contributed by atoms with E-state index in [2.05, 4.69) is 0 Å². The number of hydrogen-bond acceptors (Lipinski definition) is 4. The number of halogens is 1. The summed E-state index contributed by atoms with van der Waals surface area (Å²) in [5, 5.41) is 0. The summed E-state index contributed by atoms with van der Waals surface area (Å²) in [6.07, 6.45) is 0.621. The Hall–Kier alpha value is -2.70. The molecule has 0 aromatic heterocycles. The molecule has 3 aromatic carbocycles. The fraction of sp³-hybridized carbons (Fsp3) is 0.182. The molecule has 0 amide bonds. The quantitative estimate of drug-likeness (QED) is 0.412. The number of ether oxygens (including phenoxy) is 1. The van der Waals surface area contributed by atoms with Crippen LogP contribution in [0.2, 0.25) is 0 Å². The maximum Gasteiger partial charge on any atom is 0.297 e. The van der Waals surface area contributed by atoms with Gasteiger partial charge in [-0.15, -0.1) is 0 Å². The van der Waals surface area contributed by atoms with Crippen molar-refractivity contribution in [1.29, 1.82) is 0 Å². The maximum absolute atomic E-state index is 13.2. The second-order valence-corrected chi connectivity index (χ2v) is 8.00. The van der Waals surface area contributed by atoms with E-state index in [1.54, 1.807) is 30.3 Å².